The van der Waals surface area contributed by atoms with E-state index in [-0.39, 0.29) is 6.61 Å². The number of aliphatic hydroxyl groups excluding tert-OH is 3. The topological polar surface area (TPSA) is 89.8 Å². The van der Waals surface area contributed by atoms with E-state index >= 15 is 0 Å². The molecule has 1 amide bonds. The van der Waals surface area contributed by atoms with Gasteiger partial charge < -0.3 is 20.6 Å². The fraction of sp³-hybridized carbons (Fsp3) is 0.844. The Balaban J connectivity index is 3.69. The van der Waals surface area contributed by atoms with Crippen LogP contribution in [-0.2, 0) is 4.79 Å². The zero-order valence-corrected chi connectivity index (χ0v) is 33.3. The lowest BCUT2D eigenvalue weighted by molar-refractivity contribution is -0.131. The molecule has 0 saturated heterocycles. The fourth-order valence-electron chi connectivity index (χ4n) is 6.51. The summed E-state index contributed by atoms with van der Waals surface area (Å²) in [5.74, 6) is -0.511. The van der Waals surface area contributed by atoms with Gasteiger partial charge in [0.2, 0.25) is 5.91 Å². The summed E-state index contributed by atoms with van der Waals surface area (Å²) >= 11 is 0. The summed E-state index contributed by atoms with van der Waals surface area (Å²) in [6.07, 6.45) is 50.3. The van der Waals surface area contributed by atoms with E-state index in [0.717, 1.165) is 44.9 Å². The van der Waals surface area contributed by atoms with Crippen molar-refractivity contribution in [1.29, 1.82) is 0 Å². The molecule has 50 heavy (non-hydrogen) atoms. The Kier molecular flexibility index (Phi) is 39.2. The molecule has 294 valence electrons. The van der Waals surface area contributed by atoms with Gasteiger partial charge in [0.05, 0.1) is 18.8 Å². The van der Waals surface area contributed by atoms with E-state index in [9.17, 15) is 20.1 Å². The number of hydrogen-bond donors (Lipinski definition) is 4. The van der Waals surface area contributed by atoms with Gasteiger partial charge in [0, 0.05) is 0 Å². The van der Waals surface area contributed by atoms with Gasteiger partial charge in [-0.3, -0.25) is 4.79 Å². The van der Waals surface area contributed by atoms with E-state index < -0.39 is 24.2 Å². The summed E-state index contributed by atoms with van der Waals surface area (Å²) in [4.78, 5) is 12.4. The van der Waals surface area contributed by atoms with Crippen LogP contribution >= 0.6 is 0 Å². The maximum Gasteiger partial charge on any atom is 0.249 e. The molecule has 0 aliphatic carbocycles. The van der Waals surface area contributed by atoms with Crippen molar-refractivity contribution >= 4 is 5.91 Å². The number of amides is 1. The molecule has 0 heterocycles. The van der Waals surface area contributed by atoms with Gasteiger partial charge in [-0.25, -0.2) is 0 Å². The van der Waals surface area contributed by atoms with Crippen LogP contribution in [0.2, 0.25) is 0 Å². The van der Waals surface area contributed by atoms with Gasteiger partial charge >= 0.3 is 0 Å². The fourth-order valence-corrected chi connectivity index (χ4v) is 6.51. The SMILES string of the molecule is CCCCC/C=C\C/C=C\CCCCCCCCC(O)C(=O)NC(CO)C(O)/C=C/CCCCCCCCCCCCCCCCCCCC. The molecule has 0 aliphatic rings. The molecule has 0 rings (SSSR count). The van der Waals surface area contributed by atoms with Crippen molar-refractivity contribution in [1.82, 2.24) is 5.32 Å². The van der Waals surface area contributed by atoms with Crippen LogP contribution in [0.25, 0.3) is 0 Å². The molecule has 4 N–H and O–H groups in total. The third-order valence-electron chi connectivity index (χ3n) is 9.98. The summed E-state index contributed by atoms with van der Waals surface area (Å²) < 4.78 is 0. The largest absolute Gasteiger partial charge is 0.394 e. The third-order valence-corrected chi connectivity index (χ3v) is 9.98. The lowest BCUT2D eigenvalue weighted by atomic mass is 10.0. The van der Waals surface area contributed by atoms with Crippen molar-refractivity contribution in [2.45, 2.75) is 238 Å². The molecule has 0 aromatic carbocycles. The standard InChI is InChI=1S/C45H85NO4/c1-3-5-7-9-11-13-15-17-19-21-22-23-24-26-27-29-31-33-35-37-39-43(48)42(41-47)46-45(50)44(49)40-38-36-34-32-30-28-25-20-18-16-14-12-10-8-6-4-2/h12,14,18,20,37,39,42-44,47-49H,3-11,13,15-17,19,21-36,38,40-41H2,1-2H3,(H,46,50)/b14-12-,20-18-,39-37+. The zero-order valence-electron chi connectivity index (χ0n) is 33.3. The normalized spacial score (nSPS) is 13.9. The minimum Gasteiger partial charge on any atom is -0.394 e. The highest BCUT2D eigenvalue weighted by Gasteiger charge is 2.22. The minimum atomic E-state index is -1.11. The van der Waals surface area contributed by atoms with Crippen LogP contribution in [-0.4, -0.2) is 46.1 Å². The number of carbonyl (C=O) groups excluding carboxylic acids is 1. The van der Waals surface area contributed by atoms with Crippen LogP contribution in [0.4, 0.5) is 0 Å². The lowest BCUT2D eigenvalue weighted by Gasteiger charge is -2.21. The van der Waals surface area contributed by atoms with Crippen molar-refractivity contribution in [3.8, 4) is 0 Å². The lowest BCUT2D eigenvalue weighted by Crippen LogP contribution is -2.48. The average molecular weight is 704 g/mol. The van der Waals surface area contributed by atoms with Crippen LogP contribution in [0, 0.1) is 0 Å². The van der Waals surface area contributed by atoms with Crippen molar-refractivity contribution in [2.24, 2.45) is 0 Å². The Morgan fingerprint density at radius 2 is 0.860 bits per heavy atom. The van der Waals surface area contributed by atoms with Gasteiger partial charge in [-0.15, -0.1) is 0 Å². The van der Waals surface area contributed by atoms with Crippen LogP contribution < -0.4 is 5.32 Å². The Bertz CT molecular complexity index is 779. The van der Waals surface area contributed by atoms with Crippen LogP contribution in [0.1, 0.15) is 219 Å². The summed E-state index contributed by atoms with van der Waals surface area (Å²) in [5.41, 5.74) is 0. The van der Waals surface area contributed by atoms with Crippen LogP contribution in [0.15, 0.2) is 36.5 Å². The second kappa shape index (κ2) is 40.3. The molecule has 0 fully saturated rings. The quantitative estimate of drug-likeness (QED) is 0.0379. The van der Waals surface area contributed by atoms with Gasteiger partial charge in [0.25, 0.3) is 0 Å². The van der Waals surface area contributed by atoms with E-state index in [4.69, 9.17) is 0 Å². The Hall–Kier alpha value is -1.43. The molecular formula is C45H85NO4. The smallest absolute Gasteiger partial charge is 0.249 e. The first kappa shape index (κ1) is 48.6. The molecule has 0 aliphatic heterocycles. The summed E-state index contributed by atoms with van der Waals surface area (Å²) in [6, 6.07) is -0.801. The van der Waals surface area contributed by atoms with E-state index in [1.54, 1.807) is 6.08 Å². The Morgan fingerprint density at radius 3 is 1.30 bits per heavy atom. The molecule has 3 atom stereocenters. The van der Waals surface area contributed by atoms with Crippen molar-refractivity contribution in [2.75, 3.05) is 6.61 Å². The van der Waals surface area contributed by atoms with Gasteiger partial charge in [-0.05, 0) is 51.4 Å². The highest BCUT2D eigenvalue weighted by molar-refractivity contribution is 5.80. The Morgan fingerprint density at radius 1 is 0.500 bits per heavy atom. The molecule has 0 aromatic rings. The first-order valence-electron chi connectivity index (χ1n) is 21.8. The van der Waals surface area contributed by atoms with E-state index in [1.807, 2.05) is 6.08 Å². The number of rotatable bonds is 39. The first-order valence-corrected chi connectivity index (χ1v) is 21.8. The van der Waals surface area contributed by atoms with Crippen LogP contribution in [0.5, 0.6) is 0 Å². The highest BCUT2D eigenvalue weighted by Crippen LogP contribution is 2.15. The molecule has 0 radical (unpaired) electrons. The van der Waals surface area contributed by atoms with E-state index in [1.165, 1.54) is 154 Å². The molecule has 0 bridgehead atoms. The minimum absolute atomic E-state index is 0.367. The third kappa shape index (κ3) is 35.0. The number of carbonyl (C=O) groups is 1. The molecule has 0 spiro atoms. The van der Waals surface area contributed by atoms with Gasteiger partial charge in [0.1, 0.15) is 6.10 Å². The van der Waals surface area contributed by atoms with E-state index in [0.29, 0.717) is 6.42 Å². The zero-order chi connectivity index (χ0) is 36.6. The number of aliphatic hydroxyl groups is 3. The molecule has 0 aromatic heterocycles. The molecular weight excluding hydrogens is 618 g/mol. The van der Waals surface area contributed by atoms with E-state index in [2.05, 4.69) is 43.5 Å². The van der Waals surface area contributed by atoms with Crippen molar-refractivity contribution < 1.29 is 20.1 Å². The van der Waals surface area contributed by atoms with Crippen LogP contribution in [0.3, 0.4) is 0 Å². The molecule has 3 unspecified atom stereocenters. The molecule has 0 saturated carbocycles. The van der Waals surface area contributed by atoms with Gasteiger partial charge in [-0.2, -0.15) is 0 Å². The summed E-state index contributed by atoms with van der Waals surface area (Å²) in [6.45, 7) is 4.15. The number of allylic oxidation sites excluding steroid dienone is 5. The maximum absolute atomic E-state index is 12.4. The maximum atomic E-state index is 12.4. The number of unbranched alkanes of at least 4 members (excludes halogenated alkanes) is 27. The number of hydrogen-bond acceptors (Lipinski definition) is 4. The predicted octanol–water partition coefficient (Wildman–Crippen LogP) is 12.4. The summed E-state index contributed by atoms with van der Waals surface area (Å²) in [7, 11) is 0. The van der Waals surface area contributed by atoms with Gasteiger partial charge in [0.15, 0.2) is 0 Å². The average Bonchev–Trinajstić information content (AvgIpc) is 3.12. The Labute approximate surface area is 311 Å². The van der Waals surface area contributed by atoms with Gasteiger partial charge in [-0.1, -0.05) is 204 Å². The second-order valence-electron chi connectivity index (χ2n) is 14.9. The predicted molar refractivity (Wildman–Crippen MR) is 218 cm³/mol. The highest BCUT2D eigenvalue weighted by atomic mass is 16.3. The van der Waals surface area contributed by atoms with Crippen molar-refractivity contribution in [3.05, 3.63) is 36.5 Å². The van der Waals surface area contributed by atoms with Crippen molar-refractivity contribution in [3.63, 3.8) is 0 Å². The molecule has 5 nitrogen and oxygen atoms in total. The monoisotopic (exact) mass is 704 g/mol. The summed E-state index contributed by atoms with van der Waals surface area (Å²) in [5, 5.41) is 33.1. The number of nitrogens with one attached hydrogen (secondary N) is 1. The first-order chi connectivity index (χ1) is 24.6. The second-order valence-corrected chi connectivity index (χ2v) is 14.9. The molecule has 5 heteroatoms.